The summed E-state index contributed by atoms with van der Waals surface area (Å²) >= 11 is 0. The van der Waals surface area contributed by atoms with Gasteiger partial charge in [0.2, 0.25) is 0 Å². The first kappa shape index (κ1) is 26.8. The minimum absolute atomic E-state index is 0.829. The summed E-state index contributed by atoms with van der Waals surface area (Å²) in [5.74, 6) is 1.06. The van der Waals surface area contributed by atoms with Crippen molar-refractivity contribution in [3.05, 3.63) is 53.6 Å². The third-order valence-corrected chi connectivity index (χ3v) is 8.12. The number of ether oxygens (including phenoxy) is 1. The lowest BCUT2D eigenvalue weighted by Gasteiger charge is -2.37. The van der Waals surface area contributed by atoms with Crippen molar-refractivity contribution in [2.45, 2.75) is 52.4 Å². The minimum atomic E-state index is 0.829. The van der Waals surface area contributed by atoms with Crippen LogP contribution in [0.4, 0.5) is 11.4 Å². The fraction of sp³-hybridized carbons (Fsp3) is 0.613. The molecule has 2 aromatic carbocycles. The number of hydrogen-bond acceptors (Lipinski definition) is 5. The number of likely N-dealkylation sites (N-methyl/N-ethyl adjacent to an activating group) is 1. The number of aryl methyl sites for hydroxylation is 1. The third-order valence-electron chi connectivity index (χ3n) is 8.12. The van der Waals surface area contributed by atoms with Gasteiger partial charge in [-0.1, -0.05) is 49.9 Å². The highest BCUT2D eigenvalue weighted by molar-refractivity contribution is 5.59. The van der Waals surface area contributed by atoms with Crippen LogP contribution < -0.4 is 14.5 Å². The van der Waals surface area contributed by atoms with E-state index in [4.69, 9.17) is 4.74 Å². The second-order valence-electron chi connectivity index (χ2n) is 10.8. The lowest BCUT2D eigenvalue weighted by Crippen LogP contribution is -2.46. The van der Waals surface area contributed by atoms with Crippen molar-refractivity contribution >= 4 is 11.4 Å². The maximum Gasteiger partial charge on any atom is 0.142 e. The fourth-order valence-electron chi connectivity index (χ4n) is 5.51. The third kappa shape index (κ3) is 7.63. The molecule has 2 heterocycles. The van der Waals surface area contributed by atoms with Crippen LogP contribution in [0.15, 0.2) is 42.5 Å². The van der Waals surface area contributed by atoms with Crippen LogP contribution in [0.5, 0.6) is 5.75 Å². The topological polar surface area (TPSA) is 22.2 Å². The normalized spacial score (nSPS) is 17.5. The van der Waals surface area contributed by atoms with Crippen LogP contribution in [-0.4, -0.2) is 82.4 Å². The second-order valence-corrected chi connectivity index (χ2v) is 10.8. The average Bonchev–Trinajstić information content (AvgIpc) is 2.90. The Labute approximate surface area is 220 Å². The lowest BCUT2D eigenvalue weighted by atomic mass is 10.1. The molecule has 2 aliphatic rings. The van der Waals surface area contributed by atoms with Crippen molar-refractivity contribution in [1.82, 2.24) is 9.80 Å². The molecule has 0 saturated carbocycles. The van der Waals surface area contributed by atoms with E-state index in [1.165, 1.54) is 74.2 Å². The summed E-state index contributed by atoms with van der Waals surface area (Å²) in [5.41, 5.74) is 5.54. The number of nitrogens with zero attached hydrogens (tertiary/aromatic N) is 4. The number of benzene rings is 2. The summed E-state index contributed by atoms with van der Waals surface area (Å²) in [6.07, 6.45) is 7.77. The van der Waals surface area contributed by atoms with E-state index in [-0.39, 0.29) is 0 Å². The Morgan fingerprint density at radius 3 is 2.03 bits per heavy atom. The fourth-order valence-corrected chi connectivity index (χ4v) is 5.51. The van der Waals surface area contributed by atoms with Gasteiger partial charge in [0.1, 0.15) is 5.75 Å². The van der Waals surface area contributed by atoms with Crippen LogP contribution in [0.25, 0.3) is 0 Å². The molecule has 0 aliphatic carbocycles. The molecular weight excluding hydrogens is 444 g/mol. The molecule has 4 rings (SSSR count). The Hall–Kier alpha value is -2.24. The smallest absolute Gasteiger partial charge is 0.142 e. The highest BCUT2D eigenvalue weighted by atomic mass is 16.5. The lowest BCUT2D eigenvalue weighted by molar-refractivity contribution is 0.251. The molecule has 0 radical (unpaired) electrons. The van der Waals surface area contributed by atoms with Gasteiger partial charge in [0.15, 0.2) is 0 Å². The average molecular weight is 493 g/mol. The monoisotopic (exact) mass is 492 g/mol. The summed E-state index contributed by atoms with van der Waals surface area (Å²) < 4.78 is 6.21. The van der Waals surface area contributed by atoms with Gasteiger partial charge in [0, 0.05) is 58.0 Å². The van der Waals surface area contributed by atoms with Gasteiger partial charge in [-0.25, -0.2) is 0 Å². The van der Waals surface area contributed by atoms with E-state index in [1.807, 2.05) is 0 Å². The molecule has 2 fully saturated rings. The highest BCUT2D eigenvalue weighted by Gasteiger charge is 2.19. The second kappa shape index (κ2) is 13.9. The SMILES string of the molecule is Cc1cccc(N2CCN(CCCCCCCCOc3ccccc3N3CCN(C)CC3)CC2)c1C. The van der Waals surface area contributed by atoms with Crippen molar-refractivity contribution in [3.63, 3.8) is 0 Å². The molecule has 0 amide bonds. The summed E-state index contributed by atoms with van der Waals surface area (Å²) in [7, 11) is 2.20. The van der Waals surface area contributed by atoms with Gasteiger partial charge in [0.25, 0.3) is 0 Å². The zero-order valence-electron chi connectivity index (χ0n) is 23.1. The van der Waals surface area contributed by atoms with Crippen molar-refractivity contribution in [3.8, 4) is 5.75 Å². The van der Waals surface area contributed by atoms with Crippen molar-refractivity contribution < 1.29 is 4.74 Å². The van der Waals surface area contributed by atoms with E-state index in [0.717, 1.165) is 58.0 Å². The van der Waals surface area contributed by atoms with Gasteiger partial charge in [0.05, 0.1) is 12.3 Å². The van der Waals surface area contributed by atoms with Crippen molar-refractivity contribution in [2.75, 3.05) is 82.4 Å². The van der Waals surface area contributed by atoms with Crippen LogP contribution in [-0.2, 0) is 0 Å². The van der Waals surface area contributed by atoms with Gasteiger partial charge >= 0.3 is 0 Å². The number of rotatable bonds is 12. The quantitative estimate of drug-likeness (QED) is 0.359. The van der Waals surface area contributed by atoms with Crippen LogP contribution in [0.2, 0.25) is 0 Å². The van der Waals surface area contributed by atoms with E-state index < -0.39 is 0 Å². The van der Waals surface area contributed by atoms with Crippen LogP contribution in [0.3, 0.4) is 0 Å². The molecule has 2 saturated heterocycles. The zero-order chi connectivity index (χ0) is 25.2. The largest absolute Gasteiger partial charge is 0.491 e. The minimum Gasteiger partial charge on any atom is -0.491 e. The molecule has 0 spiro atoms. The first-order valence-corrected chi connectivity index (χ1v) is 14.3. The predicted molar refractivity (Wildman–Crippen MR) is 154 cm³/mol. The Kier molecular flexibility index (Phi) is 10.4. The van der Waals surface area contributed by atoms with Gasteiger partial charge in [-0.05, 0) is 69.6 Å². The molecule has 2 aliphatic heterocycles. The van der Waals surface area contributed by atoms with Crippen molar-refractivity contribution in [1.29, 1.82) is 0 Å². The van der Waals surface area contributed by atoms with Gasteiger partial charge < -0.3 is 19.4 Å². The number of piperazine rings is 2. The molecule has 36 heavy (non-hydrogen) atoms. The van der Waals surface area contributed by atoms with Crippen molar-refractivity contribution in [2.24, 2.45) is 0 Å². The predicted octanol–water partition coefficient (Wildman–Crippen LogP) is 5.60. The van der Waals surface area contributed by atoms with Gasteiger partial charge in [-0.15, -0.1) is 0 Å². The standard InChI is InChI=1S/C31H48N4O/c1-27-13-12-15-29(28(27)2)34-24-20-33(21-25-34)17-10-6-4-5-7-11-26-36-31-16-9-8-14-30(31)35-22-18-32(3)19-23-35/h8-9,12-16H,4-7,10-11,17-26H2,1-3H3. The first-order chi connectivity index (χ1) is 17.6. The Balaban J connectivity index is 1.04. The van der Waals surface area contributed by atoms with Gasteiger partial charge in [-0.2, -0.15) is 0 Å². The molecule has 5 heteroatoms. The van der Waals surface area contributed by atoms with Crippen LogP contribution in [0.1, 0.15) is 49.7 Å². The van der Waals surface area contributed by atoms with E-state index in [1.54, 1.807) is 0 Å². The molecule has 0 unspecified atom stereocenters. The Bertz CT molecular complexity index is 917. The molecular formula is C31H48N4O. The molecule has 0 aromatic heterocycles. The molecule has 198 valence electrons. The molecule has 0 N–H and O–H groups in total. The Morgan fingerprint density at radius 2 is 1.25 bits per heavy atom. The summed E-state index contributed by atoms with van der Waals surface area (Å²) in [4.78, 5) is 10.1. The van der Waals surface area contributed by atoms with E-state index in [9.17, 15) is 0 Å². The van der Waals surface area contributed by atoms with Gasteiger partial charge in [-0.3, -0.25) is 4.90 Å². The number of unbranched alkanes of at least 4 members (excludes halogenated alkanes) is 5. The van der Waals surface area contributed by atoms with E-state index >= 15 is 0 Å². The van der Waals surface area contributed by atoms with E-state index in [0.29, 0.717) is 0 Å². The number of hydrogen-bond donors (Lipinski definition) is 0. The van der Waals surface area contributed by atoms with Crippen LogP contribution in [0, 0.1) is 13.8 Å². The molecule has 0 bridgehead atoms. The van der Waals surface area contributed by atoms with E-state index in [2.05, 4.69) is 83.0 Å². The maximum absolute atomic E-state index is 6.21. The molecule has 0 atom stereocenters. The molecule has 2 aromatic rings. The highest BCUT2D eigenvalue weighted by Crippen LogP contribution is 2.29. The summed E-state index contributed by atoms with van der Waals surface area (Å²) in [5, 5.41) is 0. The number of anilines is 2. The summed E-state index contributed by atoms with van der Waals surface area (Å²) in [6, 6.07) is 15.3. The first-order valence-electron chi connectivity index (χ1n) is 14.3. The number of para-hydroxylation sites is 2. The molecule has 5 nitrogen and oxygen atoms in total. The maximum atomic E-state index is 6.21. The zero-order valence-corrected chi connectivity index (χ0v) is 23.1. The van der Waals surface area contributed by atoms with Crippen LogP contribution >= 0.6 is 0 Å². The summed E-state index contributed by atoms with van der Waals surface area (Å²) in [6.45, 7) is 15.7. The Morgan fingerprint density at radius 1 is 0.639 bits per heavy atom.